The SMILES string of the molecule is Nc1ncc(C(=O)NCC2CCCS2)c2ccccc12. The van der Waals surface area contributed by atoms with E-state index in [1.165, 1.54) is 18.6 Å². The fourth-order valence-corrected chi connectivity index (χ4v) is 3.70. The van der Waals surface area contributed by atoms with Gasteiger partial charge in [0.05, 0.1) is 5.56 Å². The number of nitrogens with one attached hydrogen (secondary N) is 1. The van der Waals surface area contributed by atoms with E-state index in [2.05, 4.69) is 10.3 Å². The maximum atomic E-state index is 12.3. The van der Waals surface area contributed by atoms with Crippen molar-refractivity contribution in [2.24, 2.45) is 0 Å². The Kier molecular flexibility index (Phi) is 3.78. The van der Waals surface area contributed by atoms with Gasteiger partial charge in [0.25, 0.3) is 5.91 Å². The van der Waals surface area contributed by atoms with Crippen LogP contribution in [0.15, 0.2) is 30.5 Å². The molecule has 1 amide bonds. The number of rotatable bonds is 3. The van der Waals surface area contributed by atoms with Crippen LogP contribution < -0.4 is 11.1 Å². The summed E-state index contributed by atoms with van der Waals surface area (Å²) in [5.41, 5.74) is 6.45. The molecule has 20 heavy (non-hydrogen) atoms. The second-order valence-corrected chi connectivity index (χ2v) is 6.36. The second-order valence-electron chi connectivity index (χ2n) is 4.95. The van der Waals surface area contributed by atoms with Gasteiger partial charge in [0.1, 0.15) is 5.82 Å². The van der Waals surface area contributed by atoms with E-state index >= 15 is 0 Å². The number of pyridine rings is 1. The lowest BCUT2D eigenvalue weighted by Gasteiger charge is -2.12. The van der Waals surface area contributed by atoms with Crippen LogP contribution in [0.3, 0.4) is 0 Å². The molecule has 1 saturated heterocycles. The van der Waals surface area contributed by atoms with Crippen LogP contribution >= 0.6 is 11.8 Å². The van der Waals surface area contributed by atoms with Gasteiger partial charge in [0.15, 0.2) is 0 Å². The maximum absolute atomic E-state index is 12.3. The van der Waals surface area contributed by atoms with Gasteiger partial charge in [0.2, 0.25) is 0 Å². The molecule has 0 radical (unpaired) electrons. The Labute approximate surface area is 122 Å². The molecule has 0 aliphatic carbocycles. The average Bonchev–Trinajstić information content (AvgIpc) is 2.99. The number of nitrogens with two attached hydrogens (primary N) is 1. The normalized spacial score (nSPS) is 18.3. The molecule has 3 rings (SSSR count). The largest absolute Gasteiger partial charge is 0.383 e. The number of thioether (sulfide) groups is 1. The molecule has 3 N–H and O–H groups in total. The number of fused-ring (bicyclic) bond motifs is 1. The molecule has 1 aliphatic heterocycles. The molecule has 0 spiro atoms. The zero-order valence-electron chi connectivity index (χ0n) is 11.1. The monoisotopic (exact) mass is 287 g/mol. The molecule has 1 aromatic carbocycles. The van der Waals surface area contributed by atoms with Gasteiger partial charge in [-0.2, -0.15) is 11.8 Å². The van der Waals surface area contributed by atoms with Crippen LogP contribution in [0.2, 0.25) is 0 Å². The molecule has 1 fully saturated rings. The van der Waals surface area contributed by atoms with Gasteiger partial charge in [-0.1, -0.05) is 24.3 Å². The number of carbonyl (C=O) groups is 1. The summed E-state index contributed by atoms with van der Waals surface area (Å²) in [5.74, 6) is 1.59. The Morgan fingerprint density at radius 3 is 2.95 bits per heavy atom. The summed E-state index contributed by atoms with van der Waals surface area (Å²) in [6.45, 7) is 0.724. The number of hydrogen-bond acceptors (Lipinski definition) is 4. The van der Waals surface area contributed by atoms with E-state index in [0.717, 1.165) is 17.3 Å². The summed E-state index contributed by atoms with van der Waals surface area (Å²) < 4.78 is 0. The number of carbonyl (C=O) groups excluding carboxylic acids is 1. The molecule has 1 atom stereocenters. The molecule has 0 bridgehead atoms. The third-order valence-corrected chi connectivity index (χ3v) is 4.98. The molecular formula is C15H17N3OS. The lowest BCUT2D eigenvalue weighted by Crippen LogP contribution is -2.30. The number of nitrogens with zero attached hydrogens (tertiary/aromatic N) is 1. The van der Waals surface area contributed by atoms with E-state index in [-0.39, 0.29) is 5.91 Å². The molecule has 2 heterocycles. The molecule has 1 aliphatic rings. The standard InChI is InChI=1S/C15H17N3OS/c16-14-12-6-2-1-5-11(12)13(9-17-14)15(19)18-8-10-4-3-7-20-10/h1-2,5-6,9-10H,3-4,7-8H2,(H2,16,17)(H,18,19). The van der Waals surface area contributed by atoms with E-state index in [1.54, 1.807) is 6.20 Å². The molecule has 104 valence electrons. The first-order valence-electron chi connectivity index (χ1n) is 6.79. The van der Waals surface area contributed by atoms with Gasteiger partial charge in [-0.15, -0.1) is 0 Å². The zero-order chi connectivity index (χ0) is 13.9. The third kappa shape index (κ3) is 2.58. The van der Waals surface area contributed by atoms with Crippen LogP contribution in [0.4, 0.5) is 5.82 Å². The number of hydrogen-bond donors (Lipinski definition) is 2. The molecule has 4 nitrogen and oxygen atoms in total. The molecule has 0 saturated carbocycles. The van der Waals surface area contributed by atoms with Gasteiger partial charge < -0.3 is 11.1 Å². The highest BCUT2D eigenvalue weighted by atomic mass is 32.2. The zero-order valence-corrected chi connectivity index (χ0v) is 12.0. The number of amides is 1. The van der Waals surface area contributed by atoms with Gasteiger partial charge in [-0.3, -0.25) is 4.79 Å². The van der Waals surface area contributed by atoms with E-state index in [9.17, 15) is 4.79 Å². The molecule has 5 heteroatoms. The first-order valence-corrected chi connectivity index (χ1v) is 7.83. The first-order chi connectivity index (χ1) is 9.75. The Bertz CT molecular complexity index is 638. The van der Waals surface area contributed by atoms with Crippen molar-refractivity contribution in [3.05, 3.63) is 36.0 Å². The van der Waals surface area contributed by atoms with Crippen LogP contribution in [-0.4, -0.2) is 28.4 Å². The average molecular weight is 287 g/mol. The highest BCUT2D eigenvalue weighted by Gasteiger charge is 2.18. The van der Waals surface area contributed by atoms with Gasteiger partial charge in [-0.05, 0) is 24.0 Å². The molecule has 1 unspecified atom stereocenters. The van der Waals surface area contributed by atoms with Crippen LogP contribution in [0.1, 0.15) is 23.2 Å². The summed E-state index contributed by atoms with van der Waals surface area (Å²) in [7, 11) is 0. The number of aromatic nitrogens is 1. The van der Waals surface area contributed by atoms with Crippen molar-refractivity contribution in [3.8, 4) is 0 Å². The van der Waals surface area contributed by atoms with Crippen molar-refractivity contribution in [2.75, 3.05) is 18.0 Å². The summed E-state index contributed by atoms with van der Waals surface area (Å²) in [4.78, 5) is 16.4. The minimum atomic E-state index is -0.0683. The molecule has 2 aromatic rings. The van der Waals surface area contributed by atoms with Crippen molar-refractivity contribution in [1.29, 1.82) is 0 Å². The van der Waals surface area contributed by atoms with Gasteiger partial charge >= 0.3 is 0 Å². The highest BCUT2D eigenvalue weighted by Crippen LogP contribution is 2.26. The van der Waals surface area contributed by atoms with Crippen LogP contribution in [0.25, 0.3) is 10.8 Å². The summed E-state index contributed by atoms with van der Waals surface area (Å²) >= 11 is 1.94. The van der Waals surface area contributed by atoms with Crippen molar-refractivity contribution < 1.29 is 4.79 Å². The lowest BCUT2D eigenvalue weighted by molar-refractivity contribution is 0.0955. The Balaban J connectivity index is 1.82. The van der Waals surface area contributed by atoms with Crippen molar-refractivity contribution in [1.82, 2.24) is 10.3 Å². The van der Waals surface area contributed by atoms with E-state index in [4.69, 9.17) is 5.73 Å². The van der Waals surface area contributed by atoms with Crippen molar-refractivity contribution in [3.63, 3.8) is 0 Å². The van der Waals surface area contributed by atoms with E-state index < -0.39 is 0 Å². The summed E-state index contributed by atoms with van der Waals surface area (Å²) in [6.07, 6.45) is 4.00. The predicted molar refractivity (Wildman–Crippen MR) is 84.0 cm³/mol. The summed E-state index contributed by atoms with van der Waals surface area (Å²) in [6, 6.07) is 7.61. The van der Waals surface area contributed by atoms with Crippen molar-refractivity contribution in [2.45, 2.75) is 18.1 Å². The van der Waals surface area contributed by atoms with E-state index in [1.807, 2.05) is 36.0 Å². The maximum Gasteiger partial charge on any atom is 0.253 e. The smallest absolute Gasteiger partial charge is 0.253 e. The van der Waals surface area contributed by atoms with Crippen molar-refractivity contribution >= 4 is 34.3 Å². The minimum absolute atomic E-state index is 0.0683. The Morgan fingerprint density at radius 2 is 2.20 bits per heavy atom. The highest BCUT2D eigenvalue weighted by molar-refractivity contribution is 8.00. The molecular weight excluding hydrogens is 270 g/mol. The van der Waals surface area contributed by atoms with Crippen LogP contribution in [0.5, 0.6) is 0 Å². The third-order valence-electron chi connectivity index (χ3n) is 3.58. The quantitative estimate of drug-likeness (QED) is 0.910. The van der Waals surface area contributed by atoms with Crippen LogP contribution in [-0.2, 0) is 0 Å². The van der Waals surface area contributed by atoms with Gasteiger partial charge in [-0.25, -0.2) is 4.98 Å². The lowest BCUT2D eigenvalue weighted by atomic mass is 10.1. The fraction of sp³-hybridized carbons (Fsp3) is 0.333. The number of anilines is 1. The fourth-order valence-electron chi connectivity index (χ4n) is 2.50. The van der Waals surface area contributed by atoms with Crippen LogP contribution in [0, 0.1) is 0 Å². The predicted octanol–water partition coefficient (Wildman–Crippen LogP) is 2.44. The minimum Gasteiger partial charge on any atom is -0.383 e. The molecule has 1 aromatic heterocycles. The van der Waals surface area contributed by atoms with Gasteiger partial charge in [0, 0.05) is 23.4 Å². The number of nitrogen functional groups attached to an aromatic ring is 1. The topological polar surface area (TPSA) is 68.0 Å². The first kappa shape index (κ1) is 13.2. The summed E-state index contributed by atoms with van der Waals surface area (Å²) in [5, 5.41) is 5.25. The van der Waals surface area contributed by atoms with E-state index in [0.29, 0.717) is 16.6 Å². The number of benzene rings is 1. The Morgan fingerprint density at radius 1 is 1.40 bits per heavy atom. The Hall–Kier alpha value is -1.75. The second kappa shape index (κ2) is 5.71.